The van der Waals surface area contributed by atoms with Crippen molar-refractivity contribution in [3.63, 3.8) is 0 Å². The highest BCUT2D eigenvalue weighted by Crippen LogP contribution is 2.32. The van der Waals surface area contributed by atoms with Gasteiger partial charge in [-0.05, 0) is 42.5 Å². The van der Waals surface area contributed by atoms with Crippen molar-refractivity contribution in [2.75, 3.05) is 12.3 Å². The fraction of sp³-hybridized carbons (Fsp3) is 0.333. The maximum Gasteiger partial charge on any atom is 0.0317 e. The fourth-order valence-corrected chi connectivity index (χ4v) is 3.21. The molecular weight excluding hydrogens is 244 g/mol. The zero-order chi connectivity index (χ0) is 13.9. The molecule has 1 heterocycles. The zero-order valence-electron chi connectivity index (χ0n) is 12.0. The minimum Gasteiger partial charge on any atom is -0.399 e. The van der Waals surface area contributed by atoms with E-state index in [2.05, 4.69) is 54.3 Å². The van der Waals surface area contributed by atoms with Crippen LogP contribution in [0.5, 0.6) is 0 Å². The highest BCUT2D eigenvalue weighted by molar-refractivity contribution is 5.40. The van der Waals surface area contributed by atoms with Crippen LogP contribution in [-0.4, -0.2) is 17.5 Å². The second kappa shape index (κ2) is 5.68. The molecule has 2 atom stereocenters. The topological polar surface area (TPSA) is 29.3 Å². The van der Waals surface area contributed by atoms with Crippen molar-refractivity contribution in [1.82, 2.24) is 4.90 Å². The van der Waals surface area contributed by atoms with Gasteiger partial charge in [0.1, 0.15) is 0 Å². The molecule has 0 aliphatic carbocycles. The largest absolute Gasteiger partial charge is 0.399 e. The van der Waals surface area contributed by atoms with Crippen molar-refractivity contribution in [1.29, 1.82) is 0 Å². The number of rotatable bonds is 3. The van der Waals surface area contributed by atoms with Crippen molar-refractivity contribution in [3.8, 4) is 0 Å². The smallest absolute Gasteiger partial charge is 0.0317 e. The van der Waals surface area contributed by atoms with E-state index in [9.17, 15) is 0 Å². The first-order valence-electron chi connectivity index (χ1n) is 7.36. The second-order valence-electron chi connectivity index (χ2n) is 5.87. The summed E-state index contributed by atoms with van der Waals surface area (Å²) in [6.45, 7) is 4.46. The predicted molar refractivity (Wildman–Crippen MR) is 84.5 cm³/mol. The van der Waals surface area contributed by atoms with Crippen molar-refractivity contribution in [2.45, 2.75) is 31.8 Å². The second-order valence-corrected chi connectivity index (χ2v) is 5.87. The molecule has 0 amide bonds. The minimum atomic E-state index is 0.627. The quantitative estimate of drug-likeness (QED) is 0.859. The normalized spacial score (nSPS) is 23.1. The Kier molecular flexibility index (Phi) is 3.75. The Bertz CT molecular complexity index is 565. The first kappa shape index (κ1) is 13.2. The number of nitrogens with two attached hydrogens (primary N) is 1. The summed E-state index contributed by atoms with van der Waals surface area (Å²) in [4.78, 5) is 2.56. The Labute approximate surface area is 121 Å². The van der Waals surface area contributed by atoms with E-state index in [1.54, 1.807) is 0 Å². The van der Waals surface area contributed by atoms with Gasteiger partial charge in [0.25, 0.3) is 0 Å². The van der Waals surface area contributed by atoms with Crippen molar-refractivity contribution in [3.05, 3.63) is 65.7 Å². The highest BCUT2D eigenvalue weighted by atomic mass is 15.2. The van der Waals surface area contributed by atoms with Crippen LogP contribution in [0.15, 0.2) is 54.6 Å². The molecule has 2 heteroatoms. The summed E-state index contributed by atoms with van der Waals surface area (Å²) >= 11 is 0. The summed E-state index contributed by atoms with van der Waals surface area (Å²) in [6.07, 6.45) is 1.24. The summed E-state index contributed by atoms with van der Waals surface area (Å²) in [6, 6.07) is 19.7. The van der Waals surface area contributed by atoms with Crippen LogP contribution >= 0.6 is 0 Å². The third-order valence-corrected chi connectivity index (χ3v) is 4.31. The Morgan fingerprint density at radius 3 is 2.65 bits per heavy atom. The maximum absolute atomic E-state index is 5.87. The van der Waals surface area contributed by atoms with Crippen LogP contribution in [0, 0.1) is 0 Å². The number of hydrogen-bond acceptors (Lipinski definition) is 2. The van der Waals surface area contributed by atoms with Gasteiger partial charge in [0.2, 0.25) is 0 Å². The lowest BCUT2D eigenvalue weighted by Gasteiger charge is -2.21. The number of nitrogen functional groups attached to an aromatic ring is 1. The standard InChI is InChI=1S/C18H22N2/c1-14-10-17(16-7-3-2-4-8-16)13-20(14)12-15-6-5-9-18(19)11-15/h2-9,11,14,17H,10,12-13,19H2,1H3. The molecule has 0 bridgehead atoms. The van der Waals surface area contributed by atoms with Crippen LogP contribution in [0.25, 0.3) is 0 Å². The summed E-state index contributed by atoms with van der Waals surface area (Å²) in [7, 11) is 0. The molecule has 2 aromatic rings. The lowest BCUT2D eigenvalue weighted by Crippen LogP contribution is -2.26. The van der Waals surface area contributed by atoms with Crippen molar-refractivity contribution >= 4 is 5.69 Å². The molecule has 2 aromatic carbocycles. The average Bonchev–Trinajstić information content (AvgIpc) is 2.81. The van der Waals surface area contributed by atoms with Gasteiger partial charge in [-0.25, -0.2) is 0 Å². The van der Waals surface area contributed by atoms with Crippen molar-refractivity contribution < 1.29 is 0 Å². The molecule has 1 saturated heterocycles. The highest BCUT2D eigenvalue weighted by Gasteiger charge is 2.29. The van der Waals surface area contributed by atoms with E-state index in [0.717, 1.165) is 18.8 Å². The Balaban J connectivity index is 1.70. The molecule has 20 heavy (non-hydrogen) atoms. The number of likely N-dealkylation sites (tertiary alicyclic amines) is 1. The van der Waals surface area contributed by atoms with Crippen LogP contribution < -0.4 is 5.73 Å². The Morgan fingerprint density at radius 2 is 1.90 bits per heavy atom. The van der Waals surface area contributed by atoms with Crippen LogP contribution in [0.4, 0.5) is 5.69 Å². The van der Waals surface area contributed by atoms with E-state index in [1.807, 2.05) is 12.1 Å². The fourth-order valence-electron chi connectivity index (χ4n) is 3.21. The number of hydrogen-bond donors (Lipinski definition) is 1. The lowest BCUT2D eigenvalue weighted by atomic mass is 9.97. The summed E-state index contributed by atoms with van der Waals surface area (Å²) in [5.41, 5.74) is 9.50. The van der Waals surface area contributed by atoms with Gasteiger partial charge in [0, 0.05) is 24.8 Å². The SMILES string of the molecule is CC1CC(c2ccccc2)CN1Cc1cccc(N)c1. The van der Waals surface area contributed by atoms with Gasteiger partial charge in [-0.1, -0.05) is 42.5 Å². The number of nitrogens with zero attached hydrogens (tertiary/aromatic N) is 1. The van der Waals surface area contributed by atoms with E-state index in [4.69, 9.17) is 5.73 Å². The van der Waals surface area contributed by atoms with Gasteiger partial charge >= 0.3 is 0 Å². The van der Waals surface area contributed by atoms with Crippen LogP contribution in [0.3, 0.4) is 0 Å². The van der Waals surface area contributed by atoms with Crippen molar-refractivity contribution in [2.24, 2.45) is 0 Å². The lowest BCUT2D eigenvalue weighted by molar-refractivity contribution is 0.259. The molecule has 2 unspecified atom stereocenters. The zero-order valence-corrected chi connectivity index (χ0v) is 12.0. The number of benzene rings is 2. The van der Waals surface area contributed by atoms with Crippen LogP contribution in [0.2, 0.25) is 0 Å². The Morgan fingerprint density at radius 1 is 1.10 bits per heavy atom. The van der Waals surface area contributed by atoms with Gasteiger partial charge < -0.3 is 5.73 Å². The molecule has 104 valence electrons. The number of anilines is 1. The third-order valence-electron chi connectivity index (χ3n) is 4.31. The van der Waals surface area contributed by atoms with E-state index in [0.29, 0.717) is 12.0 Å². The molecule has 1 fully saturated rings. The van der Waals surface area contributed by atoms with Gasteiger partial charge in [0.15, 0.2) is 0 Å². The molecule has 3 rings (SSSR count). The molecule has 0 spiro atoms. The van der Waals surface area contributed by atoms with E-state index in [-0.39, 0.29) is 0 Å². The summed E-state index contributed by atoms with van der Waals surface area (Å²) in [5, 5.41) is 0. The van der Waals surface area contributed by atoms with Gasteiger partial charge in [-0.3, -0.25) is 4.90 Å². The summed E-state index contributed by atoms with van der Waals surface area (Å²) in [5.74, 6) is 0.659. The molecule has 0 saturated carbocycles. The van der Waals surface area contributed by atoms with E-state index in [1.165, 1.54) is 17.5 Å². The van der Waals surface area contributed by atoms with Crippen LogP contribution in [-0.2, 0) is 6.54 Å². The maximum atomic E-state index is 5.87. The predicted octanol–water partition coefficient (Wildman–Crippen LogP) is 3.65. The molecule has 1 aliphatic heterocycles. The molecule has 0 aromatic heterocycles. The van der Waals surface area contributed by atoms with Gasteiger partial charge in [0.05, 0.1) is 0 Å². The minimum absolute atomic E-state index is 0.627. The average molecular weight is 266 g/mol. The van der Waals surface area contributed by atoms with Gasteiger partial charge in [-0.15, -0.1) is 0 Å². The first-order chi connectivity index (χ1) is 9.72. The molecule has 2 nitrogen and oxygen atoms in total. The van der Waals surface area contributed by atoms with E-state index >= 15 is 0 Å². The molecule has 0 radical (unpaired) electrons. The van der Waals surface area contributed by atoms with E-state index < -0.39 is 0 Å². The molecular formula is C18H22N2. The Hall–Kier alpha value is -1.80. The monoisotopic (exact) mass is 266 g/mol. The summed E-state index contributed by atoms with van der Waals surface area (Å²) < 4.78 is 0. The molecule has 1 aliphatic rings. The first-order valence-corrected chi connectivity index (χ1v) is 7.36. The third kappa shape index (κ3) is 2.86. The van der Waals surface area contributed by atoms with Crippen LogP contribution in [0.1, 0.15) is 30.4 Å². The van der Waals surface area contributed by atoms with Gasteiger partial charge in [-0.2, -0.15) is 0 Å². The molecule has 2 N–H and O–H groups in total.